The molecule has 29 heavy (non-hydrogen) atoms. The van der Waals surface area contributed by atoms with Gasteiger partial charge in [0.05, 0.1) is 6.61 Å². The Balaban J connectivity index is 1.21. The van der Waals surface area contributed by atoms with Crippen LogP contribution in [0.15, 0.2) is 66.7 Å². The third-order valence-electron chi connectivity index (χ3n) is 5.76. The molecule has 0 radical (unpaired) electrons. The van der Waals surface area contributed by atoms with Crippen molar-refractivity contribution in [1.29, 1.82) is 0 Å². The number of hydrogen-bond acceptors (Lipinski definition) is 2. The largest absolute Gasteiger partial charge is 0.493 e. The summed E-state index contributed by atoms with van der Waals surface area (Å²) in [6, 6.07) is 20.3. The maximum Gasteiger partial charge on any atom is 0.253 e. The number of halogens is 1. The predicted molar refractivity (Wildman–Crippen MR) is 114 cm³/mol. The predicted octanol–water partition coefficient (Wildman–Crippen LogP) is 5.69. The molecule has 0 atom stereocenters. The fourth-order valence-electron chi connectivity index (χ4n) is 4.08. The standard InChI is InChI=1S/C25H26FNO2/c26-22-12-10-21(11-13-22)25(28)27-16-14-19(15-17-27)5-4-18-29-24-9-3-7-20-6-1-2-8-23(20)24/h1-3,6-13,19H,4-5,14-18H2. The van der Waals surface area contributed by atoms with Crippen LogP contribution in [0.25, 0.3) is 10.8 Å². The first kappa shape index (κ1) is 19.4. The van der Waals surface area contributed by atoms with Gasteiger partial charge in [0.15, 0.2) is 0 Å². The molecule has 0 bridgehead atoms. The van der Waals surface area contributed by atoms with Gasteiger partial charge in [-0.05, 0) is 67.3 Å². The molecule has 1 aliphatic rings. The van der Waals surface area contributed by atoms with Crippen LogP contribution >= 0.6 is 0 Å². The first-order chi connectivity index (χ1) is 14.2. The normalized spacial score (nSPS) is 14.9. The van der Waals surface area contributed by atoms with Gasteiger partial charge in [-0.2, -0.15) is 0 Å². The van der Waals surface area contributed by atoms with E-state index >= 15 is 0 Å². The molecule has 0 aromatic heterocycles. The monoisotopic (exact) mass is 391 g/mol. The minimum absolute atomic E-state index is 0.00254. The smallest absolute Gasteiger partial charge is 0.253 e. The number of amides is 1. The molecule has 3 aromatic rings. The number of nitrogens with zero attached hydrogens (tertiary/aromatic N) is 1. The van der Waals surface area contributed by atoms with E-state index in [9.17, 15) is 9.18 Å². The van der Waals surface area contributed by atoms with Crippen LogP contribution in [0.2, 0.25) is 0 Å². The molecule has 3 aromatic carbocycles. The van der Waals surface area contributed by atoms with Crippen molar-refractivity contribution in [1.82, 2.24) is 4.90 Å². The van der Waals surface area contributed by atoms with Gasteiger partial charge in [-0.25, -0.2) is 4.39 Å². The molecule has 4 heteroatoms. The fourth-order valence-corrected chi connectivity index (χ4v) is 4.08. The Labute approximate surface area is 171 Å². The second-order valence-electron chi connectivity index (χ2n) is 7.71. The summed E-state index contributed by atoms with van der Waals surface area (Å²) in [6.45, 7) is 2.25. The lowest BCUT2D eigenvalue weighted by atomic mass is 9.92. The number of rotatable bonds is 6. The molecule has 150 valence electrons. The van der Waals surface area contributed by atoms with Crippen LogP contribution in [0, 0.1) is 11.7 Å². The van der Waals surface area contributed by atoms with Gasteiger partial charge in [-0.15, -0.1) is 0 Å². The third-order valence-corrected chi connectivity index (χ3v) is 5.76. The zero-order valence-corrected chi connectivity index (χ0v) is 16.5. The average molecular weight is 391 g/mol. The van der Waals surface area contributed by atoms with Crippen molar-refractivity contribution in [2.45, 2.75) is 25.7 Å². The van der Waals surface area contributed by atoms with Gasteiger partial charge < -0.3 is 9.64 Å². The summed E-state index contributed by atoms with van der Waals surface area (Å²) >= 11 is 0. The molecule has 0 unspecified atom stereocenters. The molecule has 0 aliphatic carbocycles. The molecule has 1 saturated heterocycles. The highest BCUT2D eigenvalue weighted by Crippen LogP contribution is 2.26. The summed E-state index contributed by atoms with van der Waals surface area (Å²) in [6.07, 6.45) is 4.16. The summed E-state index contributed by atoms with van der Waals surface area (Å²) in [5, 5.41) is 2.35. The van der Waals surface area contributed by atoms with E-state index in [1.165, 1.54) is 17.5 Å². The van der Waals surface area contributed by atoms with Crippen LogP contribution < -0.4 is 4.74 Å². The molecular weight excluding hydrogens is 365 g/mol. The quantitative estimate of drug-likeness (QED) is 0.505. The van der Waals surface area contributed by atoms with Crippen molar-refractivity contribution in [3.05, 3.63) is 78.1 Å². The van der Waals surface area contributed by atoms with Crippen LogP contribution in [0.5, 0.6) is 5.75 Å². The maximum atomic E-state index is 13.0. The Morgan fingerprint density at radius 2 is 1.69 bits per heavy atom. The van der Waals surface area contributed by atoms with E-state index in [0.29, 0.717) is 18.1 Å². The van der Waals surface area contributed by atoms with E-state index in [0.717, 1.165) is 49.9 Å². The van der Waals surface area contributed by atoms with Crippen LogP contribution in [-0.4, -0.2) is 30.5 Å². The Kier molecular flexibility index (Phi) is 6.09. The number of hydrogen-bond donors (Lipinski definition) is 0. The molecule has 1 aliphatic heterocycles. The van der Waals surface area contributed by atoms with Gasteiger partial charge >= 0.3 is 0 Å². The molecule has 0 saturated carbocycles. The lowest BCUT2D eigenvalue weighted by Gasteiger charge is -2.32. The average Bonchev–Trinajstić information content (AvgIpc) is 2.77. The van der Waals surface area contributed by atoms with Crippen molar-refractivity contribution in [3.8, 4) is 5.75 Å². The zero-order chi connectivity index (χ0) is 20.1. The highest BCUT2D eigenvalue weighted by Gasteiger charge is 2.23. The molecule has 1 amide bonds. The van der Waals surface area contributed by atoms with E-state index in [4.69, 9.17) is 4.74 Å². The topological polar surface area (TPSA) is 29.5 Å². The second kappa shape index (κ2) is 9.08. The summed E-state index contributed by atoms with van der Waals surface area (Å²) < 4.78 is 19.1. The lowest BCUT2D eigenvalue weighted by molar-refractivity contribution is 0.0684. The summed E-state index contributed by atoms with van der Waals surface area (Å²) in [5.41, 5.74) is 0.563. The van der Waals surface area contributed by atoms with Gasteiger partial charge in [0, 0.05) is 24.0 Å². The Hall–Kier alpha value is -2.88. The van der Waals surface area contributed by atoms with Gasteiger partial charge in [0.1, 0.15) is 11.6 Å². The molecule has 4 rings (SSSR count). The van der Waals surface area contributed by atoms with Gasteiger partial charge in [0.25, 0.3) is 5.91 Å². The lowest BCUT2D eigenvalue weighted by Crippen LogP contribution is -2.38. The minimum atomic E-state index is -0.314. The number of piperidine rings is 1. The van der Waals surface area contributed by atoms with Crippen molar-refractivity contribution in [3.63, 3.8) is 0 Å². The summed E-state index contributed by atoms with van der Waals surface area (Å²) in [5.74, 6) is 1.26. The maximum absolute atomic E-state index is 13.0. The summed E-state index contributed by atoms with van der Waals surface area (Å²) in [4.78, 5) is 14.4. The van der Waals surface area contributed by atoms with Crippen molar-refractivity contribution in [2.75, 3.05) is 19.7 Å². The highest BCUT2D eigenvalue weighted by atomic mass is 19.1. The Morgan fingerprint density at radius 3 is 2.48 bits per heavy atom. The van der Waals surface area contributed by atoms with Crippen LogP contribution in [0.1, 0.15) is 36.0 Å². The first-order valence-electron chi connectivity index (χ1n) is 10.4. The second-order valence-corrected chi connectivity index (χ2v) is 7.71. The van der Waals surface area contributed by atoms with E-state index in [1.54, 1.807) is 12.1 Å². The van der Waals surface area contributed by atoms with Crippen molar-refractivity contribution >= 4 is 16.7 Å². The number of fused-ring (bicyclic) bond motifs is 1. The zero-order valence-electron chi connectivity index (χ0n) is 16.5. The SMILES string of the molecule is O=C(c1ccc(F)cc1)N1CCC(CCCOc2cccc3ccccc23)CC1. The molecule has 0 spiro atoms. The minimum Gasteiger partial charge on any atom is -0.493 e. The van der Waals surface area contributed by atoms with E-state index < -0.39 is 0 Å². The van der Waals surface area contributed by atoms with Gasteiger partial charge in [-0.1, -0.05) is 36.4 Å². The molecule has 1 fully saturated rings. The van der Waals surface area contributed by atoms with Crippen LogP contribution in [-0.2, 0) is 0 Å². The van der Waals surface area contributed by atoms with E-state index in [2.05, 4.69) is 18.2 Å². The number of carbonyl (C=O) groups is 1. The Bertz CT molecular complexity index is 957. The van der Waals surface area contributed by atoms with Gasteiger partial charge in [-0.3, -0.25) is 4.79 Å². The van der Waals surface area contributed by atoms with E-state index in [1.807, 2.05) is 29.2 Å². The third kappa shape index (κ3) is 4.76. The number of ether oxygens (including phenoxy) is 1. The number of carbonyl (C=O) groups excluding carboxylic acids is 1. The molecule has 0 N–H and O–H groups in total. The fraction of sp³-hybridized carbons (Fsp3) is 0.320. The van der Waals surface area contributed by atoms with Crippen LogP contribution in [0.3, 0.4) is 0 Å². The van der Waals surface area contributed by atoms with Crippen molar-refractivity contribution in [2.24, 2.45) is 5.92 Å². The van der Waals surface area contributed by atoms with Crippen LogP contribution in [0.4, 0.5) is 4.39 Å². The van der Waals surface area contributed by atoms with E-state index in [-0.39, 0.29) is 11.7 Å². The summed E-state index contributed by atoms with van der Waals surface area (Å²) in [7, 11) is 0. The number of benzene rings is 3. The number of likely N-dealkylation sites (tertiary alicyclic amines) is 1. The Morgan fingerprint density at radius 1 is 0.966 bits per heavy atom. The highest BCUT2D eigenvalue weighted by molar-refractivity contribution is 5.94. The molecule has 3 nitrogen and oxygen atoms in total. The first-order valence-corrected chi connectivity index (χ1v) is 10.4. The van der Waals surface area contributed by atoms with Gasteiger partial charge in [0.2, 0.25) is 0 Å². The molecular formula is C25H26FNO2. The van der Waals surface area contributed by atoms with Crippen molar-refractivity contribution < 1.29 is 13.9 Å². The molecule has 1 heterocycles.